The van der Waals surface area contributed by atoms with Gasteiger partial charge in [-0.05, 0) is 30.0 Å². The molecular formula is C18H24N2O5. The van der Waals surface area contributed by atoms with Gasteiger partial charge in [0.2, 0.25) is 0 Å². The summed E-state index contributed by atoms with van der Waals surface area (Å²) in [4.78, 5) is 25.2. The summed E-state index contributed by atoms with van der Waals surface area (Å²) in [6.07, 6.45) is 1.46. The minimum Gasteiger partial charge on any atom is -0.490 e. The van der Waals surface area contributed by atoms with Crippen LogP contribution in [0.2, 0.25) is 0 Å². The lowest BCUT2D eigenvalue weighted by atomic mass is 9.91. The molecule has 2 aliphatic heterocycles. The molecule has 1 aromatic carbocycles. The Morgan fingerprint density at radius 3 is 2.76 bits per heavy atom. The number of aliphatic carboxylic acids is 1. The number of benzene rings is 1. The van der Waals surface area contributed by atoms with Crippen LogP contribution in [0.3, 0.4) is 0 Å². The second-order valence-corrected chi connectivity index (χ2v) is 6.77. The fourth-order valence-electron chi connectivity index (χ4n) is 3.30. The number of hydrogen-bond donors (Lipinski definition) is 2. The summed E-state index contributed by atoms with van der Waals surface area (Å²) >= 11 is 0. The third-order valence-electron chi connectivity index (χ3n) is 4.55. The Balaban J connectivity index is 1.58. The summed E-state index contributed by atoms with van der Waals surface area (Å²) in [6, 6.07) is 5.39. The maximum absolute atomic E-state index is 12.4. The van der Waals surface area contributed by atoms with Crippen molar-refractivity contribution in [3.63, 3.8) is 0 Å². The SMILES string of the molecule is CC1CC(C(=O)O)CN(C(=O)NCc2ccc3c(c2)OCCCO3)C1. The van der Waals surface area contributed by atoms with E-state index >= 15 is 0 Å². The molecule has 2 atom stereocenters. The van der Waals surface area contributed by atoms with Gasteiger partial charge in [-0.15, -0.1) is 0 Å². The number of carboxylic acid groups (broad SMARTS) is 1. The molecule has 2 N–H and O–H groups in total. The number of nitrogens with zero attached hydrogens (tertiary/aromatic N) is 1. The summed E-state index contributed by atoms with van der Waals surface area (Å²) in [5, 5.41) is 12.1. The zero-order valence-corrected chi connectivity index (χ0v) is 14.4. The molecule has 136 valence electrons. The highest BCUT2D eigenvalue weighted by Gasteiger charge is 2.31. The van der Waals surface area contributed by atoms with Crippen molar-refractivity contribution in [1.29, 1.82) is 0 Å². The maximum atomic E-state index is 12.4. The summed E-state index contributed by atoms with van der Waals surface area (Å²) in [7, 11) is 0. The van der Waals surface area contributed by atoms with Crippen molar-refractivity contribution in [3.05, 3.63) is 23.8 Å². The van der Waals surface area contributed by atoms with Gasteiger partial charge in [0.1, 0.15) is 0 Å². The molecule has 0 aliphatic carbocycles. The van der Waals surface area contributed by atoms with Crippen LogP contribution in [0, 0.1) is 11.8 Å². The van der Waals surface area contributed by atoms with Crippen LogP contribution >= 0.6 is 0 Å². The normalized spacial score (nSPS) is 22.8. The van der Waals surface area contributed by atoms with Crippen molar-refractivity contribution in [3.8, 4) is 11.5 Å². The molecule has 2 heterocycles. The zero-order chi connectivity index (χ0) is 17.8. The van der Waals surface area contributed by atoms with E-state index in [4.69, 9.17) is 9.47 Å². The Morgan fingerprint density at radius 1 is 1.24 bits per heavy atom. The zero-order valence-electron chi connectivity index (χ0n) is 14.4. The van der Waals surface area contributed by atoms with Gasteiger partial charge in [-0.25, -0.2) is 4.79 Å². The number of rotatable bonds is 3. The molecule has 0 spiro atoms. The molecule has 3 rings (SSSR count). The Labute approximate surface area is 146 Å². The standard InChI is InChI=1S/C18H24N2O5/c1-12-7-14(17(21)22)11-20(10-12)18(23)19-9-13-3-4-15-16(8-13)25-6-2-5-24-15/h3-4,8,12,14H,2,5-7,9-11H2,1H3,(H,19,23)(H,21,22). The van der Waals surface area contributed by atoms with Gasteiger partial charge >= 0.3 is 12.0 Å². The number of urea groups is 1. The summed E-state index contributed by atoms with van der Waals surface area (Å²) in [6.45, 7) is 4.42. The first kappa shape index (κ1) is 17.4. The molecule has 7 heteroatoms. The number of ether oxygens (including phenoxy) is 2. The quantitative estimate of drug-likeness (QED) is 0.873. The van der Waals surface area contributed by atoms with E-state index in [-0.39, 0.29) is 18.5 Å². The second-order valence-electron chi connectivity index (χ2n) is 6.77. The fourth-order valence-corrected chi connectivity index (χ4v) is 3.30. The highest BCUT2D eigenvalue weighted by atomic mass is 16.5. The first-order valence-corrected chi connectivity index (χ1v) is 8.67. The first-order chi connectivity index (χ1) is 12.0. The van der Waals surface area contributed by atoms with Gasteiger partial charge in [-0.3, -0.25) is 4.79 Å². The molecule has 2 amide bonds. The molecule has 0 aromatic heterocycles. The number of carbonyl (C=O) groups excluding carboxylic acids is 1. The number of nitrogens with one attached hydrogen (secondary N) is 1. The highest BCUT2D eigenvalue weighted by Crippen LogP contribution is 2.30. The van der Waals surface area contributed by atoms with Gasteiger partial charge in [0.05, 0.1) is 19.1 Å². The smallest absolute Gasteiger partial charge is 0.317 e. The van der Waals surface area contributed by atoms with Gasteiger partial charge in [-0.1, -0.05) is 13.0 Å². The molecule has 7 nitrogen and oxygen atoms in total. The van der Waals surface area contributed by atoms with Gasteiger partial charge < -0.3 is 24.8 Å². The van der Waals surface area contributed by atoms with Crippen LogP contribution in [-0.2, 0) is 11.3 Å². The van der Waals surface area contributed by atoms with E-state index < -0.39 is 11.9 Å². The minimum absolute atomic E-state index is 0.179. The molecule has 0 bridgehead atoms. The molecule has 1 saturated heterocycles. The van der Waals surface area contributed by atoms with E-state index in [0.717, 1.165) is 17.7 Å². The first-order valence-electron chi connectivity index (χ1n) is 8.67. The lowest BCUT2D eigenvalue weighted by Crippen LogP contribution is -2.49. The van der Waals surface area contributed by atoms with E-state index in [9.17, 15) is 14.7 Å². The maximum Gasteiger partial charge on any atom is 0.317 e. The molecular weight excluding hydrogens is 324 g/mol. The molecule has 2 unspecified atom stereocenters. The van der Waals surface area contributed by atoms with Crippen LogP contribution in [0.4, 0.5) is 4.79 Å². The van der Waals surface area contributed by atoms with Crippen molar-refractivity contribution in [1.82, 2.24) is 10.2 Å². The number of hydrogen-bond acceptors (Lipinski definition) is 4. The van der Waals surface area contributed by atoms with Crippen molar-refractivity contribution >= 4 is 12.0 Å². The van der Waals surface area contributed by atoms with Crippen LogP contribution in [0.1, 0.15) is 25.3 Å². The van der Waals surface area contributed by atoms with E-state index in [1.807, 2.05) is 25.1 Å². The predicted molar refractivity (Wildman–Crippen MR) is 90.8 cm³/mol. The largest absolute Gasteiger partial charge is 0.490 e. The number of carboxylic acids is 1. The van der Waals surface area contributed by atoms with Crippen LogP contribution in [0.5, 0.6) is 11.5 Å². The average Bonchev–Trinajstić information content (AvgIpc) is 2.83. The number of piperidine rings is 1. The summed E-state index contributed by atoms with van der Waals surface area (Å²) < 4.78 is 11.2. The third-order valence-corrected chi connectivity index (χ3v) is 4.55. The Kier molecular flexibility index (Phi) is 5.31. The Hall–Kier alpha value is -2.44. The predicted octanol–water partition coefficient (Wildman–Crippen LogP) is 2.10. The van der Waals surface area contributed by atoms with E-state index in [1.165, 1.54) is 0 Å². The average molecular weight is 348 g/mol. The van der Waals surface area contributed by atoms with Crippen molar-refractivity contribution in [2.24, 2.45) is 11.8 Å². The van der Waals surface area contributed by atoms with Gasteiger partial charge in [0, 0.05) is 26.1 Å². The molecule has 0 radical (unpaired) electrons. The third kappa shape index (κ3) is 4.35. The lowest BCUT2D eigenvalue weighted by Gasteiger charge is -2.34. The fraction of sp³-hybridized carbons (Fsp3) is 0.556. The molecule has 1 aromatic rings. The Bertz CT molecular complexity index is 648. The van der Waals surface area contributed by atoms with E-state index in [1.54, 1.807) is 4.90 Å². The van der Waals surface area contributed by atoms with Crippen LogP contribution in [0.15, 0.2) is 18.2 Å². The van der Waals surface area contributed by atoms with Crippen molar-refractivity contribution in [2.45, 2.75) is 26.3 Å². The van der Waals surface area contributed by atoms with Gasteiger partial charge in [0.25, 0.3) is 0 Å². The minimum atomic E-state index is -0.841. The van der Waals surface area contributed by atoms with Crippen LogP contribution < -0.4 is 14.8 Å². The second kappa shape index (κ2) is 7.63. The molecule has 0 saturated carbocycles. The van der Waals surface area contributed by atoms with Crippen molar-refractivity contribution in [2.75, 3.05) is 26.3 Å². The molecule has 2 aliphatic rings. The number of carbonyl (C=O) groups is 2. The van der Waals surface area contributed by atoms with Gasteiger partial charge in [0.15, 0.2) is 11.5 Å². The van der Waals surface area contributed by atoms with Crippen LogP contribution in [0.25, 0.3) is 0 Å². The summed E-state index contributed by atoms with van der Waals surface area (Å²) in [5.41, 5.74) is 0.914. The van der Waals surface area contributed by atoms with Crippen molar-refractivity contribution < 1.29 is 24.2 Å². The van der Waals surface area contributed by atoms with E-state index in [2.05, 4.69) is 5.32 Å². The molecule has 1 fully saturated rings. The monoisotopic (exact) mass is 348 g/mol. The van der Waals surface area contributed by atoms with Crippen LogP contribution in [-0.4, -0.2) is 48.3 Å². The molecule has 25 heavy (non-hydrogen) atoms. The number of likely N-dealkylation sites (tertiary alicyclic amines) is 1. The number of fused-ring (bicyclic) bond motifs is 1. The highest BCUT2D eigenvalue weighted by molar-refractivity contribution is 5.76. The lowest BCUT2D eigenvalue weighted by molar-refractivity contribution is -0.143. The summed E-state index contributed by atoms with van der Waals surface area (Å²) in [5.74, 6) is 0.266. The number of amides is 2. The topological polar surface area (TPSA) is 88.1 Å². The Morgan fingerprint density at radius 2 is 2.00 bits per heavy atom. The van der Waals surface area contributed by atoms with Gasteiger partial charge in [-0.2, -0.15) is 0 Å². The van der Waals surface area contributed by atoms with E-state index in [0.29, 0.717) is 38.5 Å².